The van der Waals surface area contributed by atoms with Crippen LogP contribution in [0.5, 0.6) is 11.5 Å². The van der Waals surface area contributed by atoms with Crippen LogP contribution in [0.4, 0.5) is 5.69 Å². The first-order valence-corrected chi connectivity index (χ1v) is 6.45. The average molecular weight is 288 g/mol. The van der Waals surface area contributed by atoms with E-state index in [0.29, 0.717) is 6.54 Å². The molecule has 0 radical (unpaired) electrons. The molecule has 3 N–H and O–H groups in total. The molecule has 110 valence electrons. The van der Waals surface area contributed by atoms with Crippen molar-refractivity contribution in [3.05, 3.63) is 63.7 Å². The highest BCUT2D eigenvalue weighted by molar-refractivity contribution is 5.38. The topological polar surface area (TPSA) is 95.6 Å². The van der Waals surface area contributed by atoms with E-state index in [4.69, 9.17) is 0 Å². The van der Waals surface area contributed by atoms with Gasteiger partial charge in [-0.3, -0.25) is 10.1 Å². The van der Waals surface area contributed by atoms with Crippen molar-refractivity contribution < 1.29 is 15.1 Å². The molecule has 0 aliphatic heterocycles. The SMILES string of the molecule is CC(NCc1ccc([N+](=O)[O-])cc1)c1cc(O)cc(O)c1. The molecule has 6 heteroatoms. The van der Waals surface area contributed by atoms with Gasteiger partial charge in [0.25, 0.3) is 5.69 Å². The predicted molar refractivity (Wildman–Crippen MR) is 78.1 cm³/mol. The van der Waals surface area contributed by atoms with E-state index in [1.165, 1.54) is 18.2 Å². The lowest BCUT2D eigenvalue weighted by Gasteiger charge is -2.15. The smallest absolute Gasteiger partial charge is 0.269 e. The maximum atomic E-state index is 10.6. The van der Waals surface area contributed by atoms with Crippen LogP contribution < -0.4 is 5.32 Å². The number of benzene rings is 2. The van der Waals surface area contributed by atoms with E-state index < -0.39 is 4.92 Å². The van der Waals surface area contributed by atoms with Crippen LogP contribution in [-0.2, 0) is 6.54 Å². The maximum Gasteiger partial charge on any atom is 0.269 e. The van der Waals surface area contributed by atoms with Crippen LogP contribution in [0.15, 0.2) is 42.5 Å². The molecule has 0 saturated carbocycles. The predicted octanol–water partition coefficient (Wildman–Crippen LogP) is 2.86. The summed E-state index contributed by atoms with van der Waals surface area (Å²) in [6.07, 6.45) is 0. The van der Waals surface area contributed by atoms with Crippen LogP contribution in [-0.4, -0.2) is 15.1 Å². The fourth-order valence-corrected chi connectivity index (χ4v) is 1.99. The molecule has 0 fully saturated rings. The quantitative estimate of drug-likeness (QED) is 0.580. The highest BCUT2D eigenvalue weighted by atomic mass is 16.6. The Bertz CT molecular complexity index is 620. The molecular weight excluding hydrogens is 272 g/mol. The lowest BCUT2D eigenvalue weighted by molar-refractivity contribution is -0.384. The van der Waals surface area contributed by atoms with Gasteiger partial charge in [0.05, 0.1) is 4.92 Å². The Hall–Kier alpha value is -2.60. The summed E-state index contributed by atoms with van der Waals surface area (Å²) < 4.78 is 0. The highest BCUT2D eigenvalue weighted by Gasteiger charge is 2.09. The zero-order chi connectivity index (χ0) is 15.4. The number of nitrogens with one attached hydrogen (secondary N) is 1. The minimum Gasteiger partial charge on any atom is -0.508 e. The molecule has 0 heterocycles. The van der Waals surface area contributed by atoms with Crippen molar-refractivity contribution in [2.45, 2.75) is 19.5 Å². The Labute approximate surface area is 121 Å². The summed E-state index contributed by atoms with van der Waals surface area (Å²) in [5.74, 6) is 0.0166. The molecular formula is C15H16N2O4. The van der Waals surface area contributed by atoms with Gasteiger partial charge in [0, 0.05) is 30.8 Å². The summed E-state index contributed by atoms with van der Waals surface area (Å²) in [7, 11) is 0. The number of nitrogens with zero attached hydrogens (tertiary/aromatic N) is 1. The molecule has 0 aliphatic carbocycles. The van der Waals surface area contributed by atoms with E-state index in [1.807, 2.05) is 6.92 Å². The van der Waals surface area contributed by atoms with Crippen LogP contribution >= 0.6 is 0 Å². The van der Waals surface area contributed by atoms with E-state index in [9.17, 15) is 20.3 Å². The van der Waals surface area contributed by atoms with Gasteiger partial charge in [-0.2, -0.15) is 0 Å². The number of hydrogen-bond acceptors (Lipinski definition) is 5. The lowest BCUT2D eigenvalue weighted by atomic mass is 10.1. The van der Waals surface area contributed by atoms with Gasteiger partial charge >= 0.3 is 0 Å². The molecule has 1 atom stereocenters. The van der Waals surface area contributed by atoms with E-state index in [2.05, 4.69) is 5.32 Å². The number of rotatable bonds is 5. The van der Waals surface area contributed by atoms with Crippen molar-refractivity contribution in [3.8, 4) is 11.5 Å². The molecule has 0 saturated heterocycles. The van der Waals surface area contributed by atoms with Gasteiger partial charge in [-0.1, -0.05) is 12.1 Å². The molecule has 0 amide bonds. The Balaban J connectivity index is 2.00. The number of hydrogen-bond donors (Lipinski definition) is 3. The molecule has 2 aromatic carbocycles. The number of nitro benzene ring substituents is 1. The van der Waals surface area contributed by atoms with Crippen molar-refractivity contribution in [3.63, 3.8) is 0 Å². The van der Waals surface area contributed by atoms with Crippen LogP contribution in [0.2, 0.25) is 0 Å². The van der Waals surface area contributed by atoms with Crippen LogP contribution in [0.25, 0.3) is 0 Å². The second-order valence-corrected chi connectivity index (χ2v) is 4.81. The number of nitro groups is 1. The van der Waals surface area contributed by atoms with Gasteiger partial charge in [0.15, 0.2) is 0 Å². The number of non-ortho nitro benzene ring substituents is 1. The van der Waals surface area contributed by atoms with Crippen LogP contribution in [0.1, 0.15) is 24.1 Å². The average Bonchev–Trinajstić information content (AvgIpc) is 2.44. The molecule has 0 bridgehead atoms. The third kappa shape index (κ3) is 3.93. The van der Waals surface area contributed by atoms with E-state index in [0.717, 1.165) is 11.1 Å². The van der Waals surface area contributed by atoms with Gasteiger partial charge in [0.2, 0.25) is 0 Å². The largest absolute Gasteiger partial charge is 0.508 e. The van der Waals surface area contributed by atoms with Crippen LogP contribution in [0, 0.1) is 10.1 Å². The maximum absolute atomic E-state index is 10.6. The zero-order valence-corrected chi connectivity index (χ0v) is 11.5. The van der Waals surface area contributed by atoms with Gasteiger partial charge in [-0.15, -0.1) is 0 Å². The fourth-order valence-electron chi connectivity index (χ4n) is 1.99. The summed E-state index contributed by atoms with van der Waals surface area (Å²) in [5, 5.41) is 32.7. The highest BCUT2D eigenvalue weighted by Crippen LogP contribution is 2.25. The summed E-state index contributed by atoms with van der Waals surface area (Å²) >= 11 is 0. The third-order valence-corrected chi connectivity index (χ3v) is 3.18. The van der Waals surface area contributed by atoms with Crippen molar-refractivity contribution in [2.24, 2.45) is 0 Å². The summed E-state index contributed by atoms with van der Waals surface area (Å²) in [6.45, 7) is 2.43. The molecule has 2 aromatic rings. The number of phenolic OH excluding ortho intramolecular Hbond substituents is 2. The summed E-state index contributed by atoms with van der Waals surface area (Å²) in [6, 6.07) is 10.6. The zero-order valence-electron chi connectivity index (χ0n) is 11.5. The fraction of sp³-hybridized carbons (Fsp3) is 0.200. The Morgan fingerprint density at radius 1 is 1.14 bits per heavy atom. The third-order valence-electron chi connectivity index (χ3n) is 3.18. The molecule has 0 spiro atoms. The monoisotopic (exact) mass is 288 g/mol. The minimum absolute atomic E-state index is 0.00832. The molecule has 2 rings (SSSR count). The minimum atomic E-state index is -0.435. The summed E-state index contributed by atoms with van der Waals surface area (Å²) in [4.78, 5) is 10.1. The Morgan fingerprint density at radius 3 is 2.24 bits per heavy atom. The van der Waals surface area contributed by atoms with Crippen molar-refractivity contribution in [2.75, 3.05) is 0 Å². The lowest BCUT2D eigenvalue weighted by Crippen LogP contribution is -2.18. The molecule has 0 aromatic heterocycles. The summed E-state index contributed by atoms with van der Waals surface area (Å²) in [5.41, 5.74) is 1.73. The molecule has 1 unspecified atom stereocenters. The van der Waals surface area contributed by atoms with Gasteiger partial charge in [-0.25, -0.2) is 0 Å². The second kappa shape index (κ2) is 6.23. The first-order valence-electron chi connectivity index (χ1n) is 6.45. The first kappa shape index (κ1) is 14.8. The van der Waals surface area contributed by atoms with Gasteiger partial charge in [0.1, 0.15) is 11.5 Å². The van der Waals surface area contributed by atoms with Crippen molar-refractivity contribution in [1.29, 1.82) is 0 Å². The van der Waals surface area contributed by atoms with Crippen molar-refractivity contribution >= 4 is 5.69 Å². The molecule has 6 nitrogen and oxygen atoms in total. The standard InChI is InChI=1S/C15H16N2O4/c1-10(12-6-14(18)8-15(19)7-12)16-9-11-2-4-13(5-3-11)17(20)21/h2-8,10,16,18-19H,9H2,1H3. The molecule has 21 heavy (non-hydrogen) atoms. The number of phenols is 2. The Morgan fingerprint density at radius 2 is 1.71 bits per heavy atom. The second-order valence-electron chi connectivity index (χ2n) is 4.81. The van der Waals surface area contributed by atoms with Gasteiger partial charge < -0.3 is 15.5 Å². The van der Waals surface area contributed by atoms with E-state index >= 15 is 0 Å². The first-order chi connectivity index (χ1) is 9.95. The molecule has 0 aliphatic rings. The number of aromatic hydroxyl groups is 2. The normalized spacial score (nSPS) is 12.0. The Kier molecular flexibility index (Phi) is 4.39. The van der Waals surface area contributed by atoms with Crippen LogP contribution in [0.3, 0.4) is 0 Å². The van der Waals surface area contributed by atoms with Gasteiger partial charge in [-0.05, 0) is 30.2 Å². The van der Waals surface area contributed by atoms with Crippen molar-refractivity contribution in [1.82, 2.24) is 5.32 Å². The van der Waals surface area contributed by atoms with E-state index in [-0.39, 0.29) is 23.2 Å². The van der Waals surface area contributed by atoms with E-state index in [1.54, 1.807) is 24.3 Å².